The average Bonchev–Trinajstić information content (AvgIpc) is 2.13. The van der Waals surface area contributed by atoms with E-state index in [1.165, 1.54) is 0 Å². The first-order valence-corrected chi connectivity index (χ1v) is 4.56. The van der Waals surface area contributed by atoms with E-state index in [4.69, 9.17) is 0 Å². The predicted molar refractivity (Wildman–Crippen MR) is 48.4 cm³/mol. The van der Waals surface area contributed by atoms with Crippen molar-refractivity contribution in [2.24, 2.45) is 5.28 Å². The largest absolute Gasteiger partial charge is 0.597 e. The smallest absolute Gasteiger partial charge is 0.527 e. The number of hydroxylamine groups is 1. The molecular formula is C4H7BrN4O6. The highest BCUT2D eigenvalue weighted by Gasteiger charge is 2.60. The van der Waals surface area contributed by atoms with E-state index in [0.29, 0.717) is 0 Å². The number of nitro groups is 2. The van der Waals surface area contributed by atoms with Crippen LogP contribution in [0.25, 0.3) is 0 Å². The normalized spacial score (nSPS) is 12.3. The topological polar surface area (TPSA) is 134 Å². The molecule has 0 saturated heterocycles. The lowest BCUT2D eigenvalue weighted by Gasteiger charge is -2.11. The number of hydrogen-bond acceptors (Lipinski definition) is 7. The number of nitrogens with zero attached hydrogens (tertiary/aromatic N) is 4. The van der Waals surface area contributed by atoms with Gasteiger partial charge in [-0.05, 0) is 4.86 Å². The SMILES string of the molecule is CON=[N+]([O-])CC(CBr)([N+](=O)[O-])[N+](=O)[O-]. The molecule has 0 aromatic carbocycles. The second-order valence-corrected chi connectivity index (χ2v) is 2.97. The van der Waals surface area contributed by atoms with E-state index in [0.717, 1.165) is 7.11 Å². The van der Waals surface area contributed by atoms with Gasteiger partial charge in [0.1, 0.15) is 17.0 Å². The molecule has 0 atom stereocenters. The van der Waals surface area contributed by atoms with E-state index >= 15 is 0 Å². The van der Waals surface area contributed by atoms with Crippen molar-refractivity contribution in [3.8, 4) is 0 Å². The molecule has 0 unspecified atom stereocenters. The minimum atomic E-state index is -2.64. The zero-order chi connectivity index (χ0) is 12.1. The van der Waals surface area contributed by atoms with Crippen LogP contribution in [-0.2, 0) is 4.84 Å². The quantitative estimate of drug-likeness (QED) is 0.170. The summed E-state index contributed by atoms with van der Waals surface area (Å²) < 4.78 is 0. The van der Waals surface area contributed by atoms with E-state index in [9.17, 15) is 25.4 Å². The molecule has 0 aliphatic rings. The van der Waals surface area contributed by atoms with Crippen LogP contribution in [0.4, 0.5) is 0 Å². The number of hydrogen-bond donors (Lipinski definition) is 0. The van der Waals surface area contributed by atoms with Gasteiger partial charge in [-0.3, -0.25) is 20.2 Å². The Morgan fingerprint density at radius 1 is 1.33 bits per heavy atom. The summed E-state index contributed by atoms with van der Waals surface area (Å²) >= 11 is 2.62. The summed E-state index contributed by atoms with van der Waals surface area (Å²) in [7, 11) is 1.04. The molecule has 0 heterocycles. The van der Waals surface area contributed by atoms with Crippen molar-refractivity contribution in [1.82, 2.24) is 0 Å². The second kappa shape index (κ2) is 5.38. The van der Waals surface area contributed by atoms with Crippen LogP contribution in [-0.4, -0.2) is 39.4 Å². The van der Waals surface area contributed by atoms with E-state index in [1.807, 2.05) is 0 Å². The summed E-state index contributed by atoms with van der Waals surface area (Å²) in [5.41, 5.74) is -2.64. The molecule has 0 fully saturated rings. The molecule has 0 aliphatic carbocycles. The maximum absolute atomic E-state index is 10.8. The molecule has 15 heavy (non-hydrogen) atoms. The Morgan fingerprint density at radius 3 is 2.07 bits per heavy atom. The third-order valence-corrected chi connectivity index (χ3v) is 2.35. The van der Waals surface area contributed by atoms with Gasteiger partial charge in [0.15, 0.2) is 10.6 Å². The molecule has 11 heteroatoms. The Balaban J connectivity index is 5.03. The minimum absolute atomic E-state index is 0.257. The summed E-state index contributed by atoms with van der Waals surface area (Å²) in [6, 6.07) is 0. The minimum Gasteiger partial charge on any atom is -0.597 e. The van der Waals surface area contributed by atoms with Crippen molar-refractivity contribution in [3.63, 3.8) is 0 Å². The molecule has 0 amide bonds. The summed E-state index contributed by atoms with van der Waals surface area (Å²) in [4.78, 5) is 22.5. The zero-order valence-electron chi connectivity index (χ0n) is 7.53. The molecular weight excluding hydrogens is 280 g/mol. The summed E-state index contributed by atoms with van der Waals surface area (Å²) in [6.45, 7) is -1.05. The van der Waals surface area contributed by atoms with Crippen LogP contribution >= 0.6 is 15.9 Å². The molecule has 10 nitrogen and oxygen atoms in total. The fourth-order valence-corrected chi connectivity index (χ4v) is 1.25. The van der Waals surface area contributed by atoms with Crippen LogP contribution in [0.3, 0.4) is 0 Å². The lowest BCUT2D eigenvalue weighted by Crippen LogP contribution is -2.53. The first kappa shape index (κ1) is 13.5. The van der Waals surface area contributed by atoms with E-state index in [2.05, 4.69) is 26.0 Å². The van der Waals surface area contributed by atoms with Crippen LogP contribution < -0.4 is 0 Å². The molecule has 0 aromatic rings. The maximum Gasteiger partial charge on any atom is 0.527 e. The number of alkyl halides is 1. The Hall–Kier alpha value is -1.52. The van der Waals surface area contributed by atoms with Crippen LogP contribution in [0.1, 0.15) is 0 Å². The average molecular weight is 287 g/mol. The van der Waals surface area contributed by atoms with Gasteiger partial charge in [0.2, 0.25) is 0 Å². The van der Waals surface area contributed by atoms with Gasteiger partial charge in [-0.1, -0.05) is 15.9 Å². The van der Waals surface area contributed by atoms with E-state index < -0.39 is 27.4 Å². The van der Waals surface area contributed by atoms with Crippen LogP contribution in [0, 0.1) is 25.4 Å². The highest BCUT2D eigenvalue weighted by molar-refractivity contribution is 9.09. The summed E-state index contributed by atoms with van der Waals surface area (Å²) in [6.07, 6.45) is 0. The van der Waals surface area contributed by atoms with Gasteiger partial charge in [0, 0.05) is 0 Å². The van der Waals surface area contributed by atoms with Gasteiger partial charge >= 0.3 is 12.2 Å². The number of halogens is 1. The van der Waals surface area contributed by atoms with Crippen LogP contribution in [0.2, 0.25) is 0 Å². The third-order valence-electron chi connectivity index (χ3n) is 1.45. The number of rotatable bonds is 6. The second-order valence-electron chi connectivity index (χ2n) is 2.40. The van der Waals surface area contributed by atoms with Gasteiger partial charge in [-0.15, -0.1) is 0 Å². The van der Waals surface area contributed by atoms with Crippen molar-refractivity contribution < 1.29 is 19.5 Å². The molecule has 0 N–H and O–H groups in total. The van der Waals surface area contributed by atoms with E-state index in [1.54, 1.807) is 0 Å². The molecule has 0 aromatic heterocycles. The fraction of sp³-hybridized carbons (Fsp3) is 1.00. The third kappa shape index (κ3) is 2.97. The Labute approximate surface area is 91.5 Å². The molecule has 0 radical (unpaired) electrons. The molecule has 0 aliphatic heterocycles. The first-order chi connectivity index (χ1) is 6.90. The lowest BCUT2D eigenvalue weighted by atomic mass is 10.2. The Bertz CT molecular complexity index is 279. The molecule has 86 valence electrons. The predicted octanol–water partition coefficient (Wildman–Crippen LogP) is 0.155. The standard InChI is InChI=1S/C4H7BrN4O6/c1-15-6-7(10)3-4(2-5,8(11)12)9(13)14/h2-3H2,1H3. The lowest BCUT2D eigenvalue weighted by molar-refractivity contribution is -0.819. The summed E-state index contributed by atoms with van der Waals surface area (Å²) in [5.74, 6) is 0. The zero-order valence-corrected chi connectivity index (χ0v) is 9.12. The highest BCUT2D eigenvalue weighted by atomic mass is 79.9. The van der Waals surface area contributed by atoms with Crippen molar-refractivity contribution in [3.05, 3.63) is 25.4 Å². The highest BCUT2D eigenvalue weighted by Crippen LogP contribution is 2.15. The first-order valence-electron chi connectivity index (χ1n) is 3.44. The van der Waals surface area contributed by atoms with Crippen molar-refractivity contribution in [2.75, 3.05) is 19.0 Å². The molecule has 0 spiro atoms. The molecule has 0 rings (SSSR count). The Morgan fingerprint density at radius 2 is 1.80 bits per heavy atom. The van der Waals surface area contributed by atoms with Gasteiger partial charge in [0.05, 0.1) is 0 Å². The van der Waals surface area contributed by atoms with Crippen LogP contribution in [0.5, 0.6) is 0 Å². The van der Waals surface area contributed by atoms with Crippen LogP contribution in [0.15, 0.2) is 5.28 Å². The van der Waals surface area contributed by atoms with Gasteiger partial charge in [-0.2, -0.15) is 0 Å². The summed E-state index contributed by atoms with van der Waals surface area (Å²) in [5, 5.41) is 34.0. The van der Waals surface area contributed by atoms with E-state index in [-0.39, 0.29) is 4.86 Å². The fourth-order valence-electron chi connectivity index (χ4n) is 0.659. The van der Waals surface area contributed by atoms with Gasteiger partial charge < -0.3 is 10.0 Å². The molecule has 0 bridgehead atoms. The van der Waals surface area contributed by atoms with Crippen molar-refractivity contribution >= 4 is 15.9 Å². The van der Waals surface area contributed by atoms with Crippen molar-refractivity contribution in [2.45, 2.75) is 5.66 Å². The monoisotopic (exact) mass is 286 g/mol. The Kier molecular flexibility index (Phi) is 4.84. The maximum atomic E-state index is 10.8. The van der Waals surface area contributed by atoms with Gasteiger partial charge in [-0.25, -0.2) is 0 Å². The van der Waals surface area contributed by atoms with Crippen molar-refractivity contribution in [1.29, 1.82) is 0 Å². The van der Waals surface area contributed by atoms with Gasteiger partial charge in [0.25, 0.3) is 0 Å². The molecule has 0 saturated carbocycles.